The average molecular weight is 681 g/mol. The van der Waals surface area contributed by atoms with Crippen LogP contribution in [0.25, 0.3) is 10.4 Å². The fraction of sp³-hybridized carbons (Fsp3) is 0.297. The summed E-state index contributed by atoms with van der Waals surface area (Å²) in [6.07, 6.45) is -0.176. The summed E-state index contributed by atoms with van der Waals surface area (Å²) in [7, 11) is 4.61. The van der Waals surface area contributed by atoms with Crippen LogP contribution in [0.4, 0.5) is 0 Å². The predicted molar refractivity (Wildman–Crippen MR) is 187 cm³/mol. The quantitative estimate of drug-likeness (QED) is 0.0426. The van der Waals surface area contributed by atoms with E-state index in [2.05, 4.69) is 20.9 Å². The Morgan fingerprint density at radius 1 is 0.960 bits per heavy atom. The number of hydrogen-bond donors (Lipinski definition) is 3. The van der Waals surface area contributed by atoms with Crippen LogP contribution in [0.2, 0.25) is 0 Å². The van der Waals surface area contributed by atoms with Crippen LogP contribution >= 0.6 is 0 Å². The number of methoxy groups -OCH3 is 3. The number of rotatable bonds is 17. The first kappa shape index (κ1) is 35.6. The average Bonchev–Trinajstić information content (AvgIpc) is 3.55. The maximum Gasteiger partial charge on any atom is 0.266 e. The Kier molecular flexibility index (Phi) is 12.1. The molecule has 0 aliphatic carbocycles. The second-order valence-corrected chi connectivity index (χ2v) is 11.4. The number of aliphatic imine (C=N–C) groups is 1. The van der Waals surface area contributed by atoms with Crippen molar-refractivity contribution < 1.29 is 33.6 Å². The molecule has 4 aromatic rings. The van der Waals surface area contributed by atoms with Crippen molar-refractivity contribution in [1.82, 2.24) is 10.9 Å². The molecule has 50 heavy (non-hydrogen) atoms. The van der Waals surface area contributed by atoms with Gasteiger partial charge in [0, 0.05) is 36.5 Å². The van der Waals surface area contributed by atoms with E-state index in [9.17, 15) is 4.79 Å². The van der Waals surface area contributed by atoms with E-state index in [4.69, 9.17) is 39.3 Å². The molecule has 5 rings (SSSR count). The number of azide groups is 1. The second kappa shape index (κ2) is 17.1. The molecule has 0 saturated carbocycles. The molecule has 4 aromatic carbocycles. The summed E-state index contributed by atoms with van der Waals surface area (Å²) in [5.74, 6) is 1.91. The molecule has 0 spiro atoms. The number of nitrogens with zero attached hydrogens (tertiary/aromatic N) is 4. The number of hydrogen-bond acceptors (Lipinski definition) is 10. The van der Waals surface area contributed by atoms with Crippen LogP contribution in [-0.2, 0) is 29.0 Å². The number of nitrogens with one attached hydrogen (secondary N) is 2. The maximum atomic E-state index is 14.6. The van der Waals surface area contributed by atoms with Crippen LogP contribution in [0.3, 0.4) is 0 Å². The molecular formula is C37H40N6O7. The minimum Gasteiger partial charge on any atom is -0.494 e. The molecule has 1 aliphatic heterocycles. The Bertz CT molecular complexity index is 1810. The van der Waals surface area contributed by atoms with Crippen LogP contribution in [0, 0.1) is 0 Å². The van der Waals surface area contributed by atoms with Gasteiger partial charge >= 0.3 is 0 Å². The summed E-state index contributed by atoms with van der Waals surface area (Å²) in [6, 6.07) is 27.8. The van der Waals surface area contributed by atoms with Gasteiger partial charge in [0.05, 0.1) is 34.5 Å². The molecule has 0 radical (unpaired) electrons. The van der Waals surface area contributed by atoms with E-state index < -0.39 is 17.6 Å². The van der Waals surface area contributed by atoms with Crippen LogP contribution < -0.4 is 29.8 Å². The zero-order chi connectivity index (χ0) is 35.3. The molecule has 260 valence electrons. The lowest BCUT2D eigenvalue weighted by atomic mass is 9.81. The van der Waals surface area contributed by atoms with Gasteiger partial charge in [-0.3, -0.25) is 10.2 Å². The molecule has 13 nitrogen and oxygen atoms in total. The Balaban J connectivity index is 1.53. The van der Waals surface area contributed by atoms with Gasteiger partial charge in [-0.1, -0.05) is 59.7 Å². The SMILES string of the molecule is COc1cc(CNNC(=O)[C@@]2(Cc3ccccc3CN=[N+]=[N-])N=C(c3ccc(OCCCO)cc3)O[C@H]2c2ccccc2)cc(OC)c1OC. The van der Waals surface area contributed by atoms with E-state index in [1.54, 1.807) is 24.3 Å². The van der Waals surface area contributed by atoms with Gasteiger partial charge in [0.2, 0.25) is 11.6 Å². The van der Waals surface area contributed by atoms with E-state index in [-0.39, 0.29) is 32.0 Å². The maximum absolute atomic E-state index is 14.6. The normalized spacial score (nSPS) is 16.4. The zero-order valence-corrected chi connectivity index (χ0v) is 28.2. The zero-order valence-electron chi connectivity index (χ0n) is 28.2. The van der Waals surface area contributed by atoms with Crippen molar-refractivity contribution in [1.29, 1.82) is 0 Å². The van der Waals surface area contributed by atoms with E-state index in [1.807, 2.05) is 66.7 Å². The lowest BCUT2D eigenvalue weighted by Gasteiger charge is -2.31. The molecule has 1 heterocycles. The van der Waals surface area contributed by atoms with Crippen molar-refractivity contribution in [2.24, 2.45) is 10.1 Å². The van der Waals surface area contributed by atoms with Gasteiger partial charge in [-0.25, -0.2) is 10.4 Å². The first-order valence-corrected chi connectivity index (χ1v) is 16.0. The highest BCUT2D eigenvalue weighted by molar-refractivity contribution is 6.01. The number of amides is 1. The highest BCUT2D eigenvalue weighted by Crippen LogP contribution is 2.43. The molecule has 0 unspecified atom stereocenters. The lowest BCUT2D eigenvalue weighted by Crippen LogP contribution is -2.53. The molecule has 3 N–H and O–H groups in total. The highest BCUT2D eigenvalue weighted by atomic mass is 16.5. The van der Waals surface area contributed by atoms with E-state index in [0.717, 1.165) is 22.3 Å². The molecule has 1 amide bonds. The number of aliphatic hydroxyl groups excluding tert-OH is 1. The summed E-state index contributed by atoms with van der Waals surface area (Å²) in [5, 5.41) is 12.9. The van der Waals surface area contributed by atoms with Crippen molar-refractivity contribution in [3.8, 4) is 23.0 Å². The van der Waals surface area contributed by atoms with Gasteiger partial charge in [0.1, 0.15) is 5.75 Å². The number of ether oxygens (including phenoxy) is 5. The molecule has 1 aliphatic rings. The molecule has 0 aromatic heterocycles. The standard InChI is InChI=1S/C37H40N6O7/c1-46-31-20-25(21-32(47-2)33(31)48-3)23-39-42-36(45)37(22-28-12-7-8-13-29(28)24-40-43-38)34(26-10-5-4-6-11-26)50-35(41-37)27-14-16-30(17-15-27)49-19-9-18-44/h4-8,10-17,20-21,34,39,44H,9,18-19,22-24H2,1-3H3,(H,42,45)/t34-,37-/m0/s1. The number of carbonyl (C=O) groups is 1. The van der Waals surface area contributed by atoms with Crippen molar-refractivity contribution >= 4 is 11.8 Å². The number of carbonyl (C=O) groups excluding carboxylic acids is 1. The molecule has 0 saturated heterocycles. The van der Waals surface area contributed by atoms with Gasteiger partial charge in [0.25, 0.3) is 5.91 Å². The van der Waals surface area contributed by atoms with Crippen LogP contribution in [-0.4, -0.2) is 57.0 Å². The fourth-order valence-corrected chi connectivity index (χ4v) is 5.76. The van der Waals surface area contributed by atoms with Crippen LogP contribution in [0.15, 0.2) is 101 Å². The number of aliphatic hydroxyl groups is 1. The summed E-state index contributed by atoms with van der Waals surface area (Å²) in [4.78, 5) is 22.7. The summed E-state index contributed by atoms with van der Waals surface area (Å²) in [5.41, 5.74) is 17.2. The molecule has 0 fully saturated rings. The Hall–Kier alpha value is -5.75. The fourth-order valence-electron chi connectivity index (χ4n) is 5.76. The number of hydrazine groups is 1. The molecule has 2 atom stereocenters. The van der Waals surface area contributed by atoms with E-state index >= 15 is 0 Å². The molecular weight excluding hydrogens is 640 g/mol. The third-order valence-electron chi connectivity index (χ3n) is 8.23. The van der Waals surface area contributed by atoms with Gasteiger partial charge in [-0.05, 0) is 64.2 Å². The second-order valence-electron chi connectivity index (χ2n) is 11.4. The van der Waals surface area contributed by atoms with E-state index in [0.29, 0.717) is 41.6 Å². The Morgan fingerprint density at radius 2 is 1.64 bits per heavy atom. The van der Waals surface area contributed by atoms with Crippen LogP contribution in [0.5, 0.6) is 23.0 Å². The smallest absolute Gasteiger partial charge is 0.266 e. The minimum absolute atomic E-state index is 0.0388. The van der Waals surface area contributed by atoms with Crippen molar-refractivity contribution in [2.45, 2.75) is 37.6 Å². The topological polar surface area (TPSA) is 169 Å². The van der Waals surface area contributed by atoms with Gasteiger partial charge < -0.3 is 28.8 Å². The van der Waals surface area contributed by atoms with Crippen molar-refractivity contribution in [3.05, 3.63) is 129 Å². The third kappa shape index (κ3) is 8.09. The Labute approximate surface area is 290 Å². The Morgan fingerprint density at radius 3 is 2.28 bits per heavy atom. The first-order valence-electron chi connectivity index (χ1n) is 16.0. The van der Waals surface area contributed by atoms with Crippen molar-refractivity contribution in [3.63, 3.8) is 0 Å². The van der Waals surface area contributed by atoms with Gasteiger partial charge in [0.15, 0.2) is 23.1 Å². The summed E-state index contributed by atoms with van der Waals surface area (Å²) >= 11 is 0. The monoisotopic (exact) mass is 680 g/mol. The minimum atomic E-state index is -1.50. The largest absolute Gasteiger partial charge is 0.494 e. The van der Waals surface area contributed by atoms with Crippen molar-refractivity contribution in [2.75, 3.05) is 34.5 Å². The van der Waals surface area contributed by atoms with E-state index in [1.165, 1.54) is 21.3 Å². The first-order chi connectivity index (χ1) is 24.5. The molecule has 13 heteroatoms. The van der Waals surface area contributed by atoms with Gasteiger partial charge in [-0.2, -0.15) is 0 Å². The summed E-state index contributed by atoms with van der Waals surface area (Å²) < 4.78 is 28.8. The molecule has 0 bridgehead atoms. The third-order valence-corrected chi connectivity index (χ3v) is 8.23. The van der Waals surface area contributed by atoms with Crippen LogP contribution in [0.1, 0.15) is 40.3 Å². The lowest BCUT2D eigenvalue weighted by molar-refractivity contribution is -0.130. The van der Waals surface area contributed by atoms with Gasteiger partial charge in [-0.15, -0.1) is 0 Å². The number of benzene rings is 4. The highest BCUT2D eigenvalue weighted by Gasteiger charge is 2.53. The summed E-state index contributed by atoms with van der Waals surface area (Å²) in [6.45, 7) is 0.744. The predicted octanol–water partition coefficient (Wildman–Crippen LogP) is 5.60.